The van der Waals surface area contributed by atoms with Crippen LogP contribution in [0, 0.1) is 6.92 Å². The molecule has 9 heteroatoms. The molecule has 9 nitrogen and oxygen atoms in total. The Balaban J connectivity index is 1.79. The normalized spacial score (nSPS) is 11.3. The molecule has 0 aliphatic heterocycles. The van der Waals surface area contributed by atoms with Gasteiger partial charge in [0.05, 0.1) is 12.3 Å². The number of carbonyl (C=O) groups is 1. The zero-order valence-electron chi connectivity index (χ0n) is 19.2. The number of anilines is 2. The van der Waals surface area contributed by atoms with Crippen molar-refractivity contribution in [3.05, 3.63) is 58.1 Å². The molecule has 0 atom stereocenters. The number of hydrogen-bond acceptors (Lipinski definition) is 5. The van der Waals surface area contributed by atoms with Crippen LogP contribution in [0.3, 0.4) is 0 Å². The van der Waals surface area contributed by atoms with Crippen LogP contribution in [0.5, 0.6) is 5.75 Å². The molecular formula is C23H30N6O3. The van der Waals surface area contributed by atoms with Crippen LogP contribution in [0.1, 0.15) is 51.9 Å². The van der Waals surface area contributed by atoms with E-state index < -0.39 is 6.03 Å². The van der Waals surface area contributed by atoms with Crippen LogP contribution >= 0.6 is 0 Å². The van der Waals surface area contributed by atoms with E-state index in [-0.39, 0.29) is 16.9 Å². The zero-order valence-corrected chi connectivity index (χ0v) is 19.2. The van der Waals surface area contributed by atoms with Crippen molar-refractivity contribution in [2.24, 2.45) is 0 Å². The van der Waals surface area contributed by atoms with Crippen LogP contribution in [-0.4, -0.2) is 32.4 Å². The Morgan fingerprint density at radius 2 is 1.88 bits per heavy atom. The van der Waals surface area contributed by atoms with Gasteiger partial charge in [0, 0.05) is 28.9 Å². The Hall–Kier alpha value is -3.62. The molecule has 0 bridgehead atoms. The molecule has 170 valence electrons. The first kappa shape index (κ1) is 23.1. The molecule has 0 spiro atoms. The fraction of sp³-hybridized carbons (Fsp3) is 0.391. The monoisotopic (exact) mass is 438 g/mol. The number of carbonyl (C=O) groups excluding carboxylic acids is 1. The number of amides is 2. The number of ether oxygens (including phenoxy) is 1. The number of aromatic nitrogens is 4. The maximum Gasteiger partial charge on any atom is 0.324 e. The van der Waals surface area contributed by atoms with E-state index in [0.29, 0.717) is 23.8 Å². The van der Waals surface area contributed by atoms with Gasteiger partial charge in [-0.05, 0) is 37.6 Å². The lowest BCUT2D eigenvalue weighted by Gasteiger charge is -2.13. The summed E-state index contributed by atoms with van der Waals surface area (Å²) >= 11 is 0. The fourth-order valence-corrected chi connectivity index (χ4v) is 2.91. The SMILES string of the molecule is CCCCOc1ccc(NC(=O)Nc2cc(C(C)(C)C)nn2-c2nc(C)cc(=O)[nH]2)cc1. The Morgan fingerprint density at radius 1 is 1.16 bits per heavy atom. The van der Waals surface area contributed by atoms with E-state index >= 15 is 0 Å². The first-order chi connectivity index (χ1) is 15.2. The summed E-state index contributed by atoms with van der Waals surface area (Å²) in [4.78, 5) is 31.6. The van der Waals surface area contributed by atoms with Gasteiger partial charge in [0.1, 0.15) is 11.6 Å². The molecular weight excluding hydrogens is 408 g/mol. The summed E-state index contributed by atoms with van der Waals surface area (Å²) in [5, 5.41) is 10.2. The standard InChI is InChI=1S/C23H30N6O3/c1-6-7-12-32-17-10-8-16(9-11-17)25-22(31)26-19-14-18(23(3,4)5)28-29(19)21-24-15(2)13-20(30)27-21/h8-11,13-14H,6-7,12H2,1-5H3,(H,24,27,30)(H2,25,26,31). The van der Waals surface area contributed by atoms with Gasteiger partial charge in [-0.15, -0.1) is 0 Å². The molecule has 3 aromatic rings. The fourth-order valence-electron chi connectivity index (χ4n) is 2.91. The lowest BCUT2D eigenvalue weighted by Crippen LogP contribution is -2.22. The third-order valence-electron chi connectivity index (χ3n) is 4.66. The van der Waals surface area contributed by atoms with E-state index in [1.807, 2.05) is 32.9 Å². The van der Waals surface area contributed by atoms with Gasteiger partial charge in [0.15, 0.2) is 0 Å². The molecule has 2 aromatic heterocycles. The number of aromatic amines is 1. The average Bonchev–Trinajstić information content (AvgIpc) is 3.13. The average molecular weight is 439 g/mol. The van der Waals surface area contributed by atoms with Crippen LogP contribution in [-0.2, 0) is 5.41 Å². The third-order valence-corrected chi connectivity index (χ3v) is 4.66. The summed E-state index contributed by atoms with van der Waals surface area (Å²) in [5.41, 5.74) is 1.35. The number of H-pyrrole nitrogens is 1. The van der Waals surface area contributed by atoms with Crippen LogP contribution in [0.4, 0.5) is 16.3 Å². The van der Waals surface area contributed by atoms with Crippen molar-refractivity contribution in [3.8, 4) is 11.7 Å². The second-order valence-electron chi connectivity index (χ2n) is 8.59. The van der Waals surface area contributed by atoms with Crippen molar-refractivity contribution in [2.75, 3.05) is 17.2 Å². The molecule has 0 saturated carbocycles. The predicted octanol–water partition coefficient (Wildman–Crippen LogP) is 4.38. The molecule has 1 aromatic carbocycles. The lowest BCUT2D eigenvalue weighted by molar-refractivity contribution is 0.262. The number of urea groups is 1. The highest BCUT2D eigenvalue weighted by molar-refractivity contribution is 5.99. The van der Waals surface area contributed by atoms with Crippen LogP contribution in [0.15, 0.2) is 41.2 Å². The number of hydrogen-bond donors (Lipinski definition) is 3. The maximum atomic E-state index is 12.7. The molecule has 3 rings (SSSR count). The number of unbranched alkanes of at least 4 members (excludes halogenated alkanes) is 1. The van der Waals surface area contributed by atoms with E-state index in [1.54, 1.807) is 25.1 Å². The van der Waals surface area contributed by atoms with Gasteiger partial charge < -0.3 is 10.1 Å². The van der Waals surface area contributed by atoms with Crippen molar-refractivity contribution in [1.29, 1.82) is 0 Å². The van der Waals surface area contributed by atoms with Crippen molar-refractivity contribution >= 4 is 17.5 Å². The predicted molar refractivity (Wildman–Crippen MR) is 125 cm³/mol. The van der Waals surface area contributed by atoms with Gasteiger partial charge in [0.2, 0.25) is 5.95 Å². The second kappa shape index (κ2) is 9.67. The van der Waals surface area contributed by atoms with E-state index in [0.717, 1.165) is 24.3 Å². The molecule has 0 saturated heterocycles. The molecule has 0 aliphatic carbocycles. The summed E-state index contributed by atoms with van der Waals surface area (Å²) < 4.78 is 7.07. The van der Waals surface area contributed by atoms with Gasteiger partial charge >= 0.3 is 6.03 Å². The van der Waals surface area contributed by atoms with Gasteiger partial charge in [-0.3, -0.25) is 15.1 Å². The minimum Gasteiger partial charge on any atom is -0.494 e. The molecule has 0 aliphatic rings. The minimum atomic E-state index is -0.443. The molecule has 2 amide bonds. The zero-order chi connectivity index (χ0) is 23.3. The summed E-state index contributed by atoms with van der Waals surface area (Å²) in [6.45, 7) is 10.5. The smallest absolute Gasteiger partial charge is 0.324 e. The molecule has 32 heavy (non-hydrogen) atoms. The van der Waals surface area contributed by atoms with Gasteiger partial charge in [-0.2, -0.15) is 9.78 Å². The van der Waals surface area contributed by atoms with Crippen molar-refractivity contribution in [2.45, 2.75) is 52.9 Å². The molecule has 0 unspecified atom stereocenters. The highest BCUT2D eigenvalue weighted by atomic mass is 16.5. The van der Waals surface area contributed by atoms with Crippen LogP contribution < -0.4 is 20.9 Å². The second-order valence-corrected chi connectivity index (χ2v) is 8.59. The molecule has 0 radical (unpaired) electrons. The van der Waals surface area contributed by atoms with E-state index in [1.165, 1.54) is 10.7 Å². The largest absolute Gasteiger partial charge is 0.494 e. The van der Waals surface area contributed by atoms with Crippen molar-refractivity contribution in [1.82, 2.24) is 19.7 Å². The molecule has 2 heterocycles. The van der Waals surface area contributed by atoms with Crippen LogP contribution in [0.25, 0.3) is 5.95 Å². The van der Waals surface area contributed by atoms with E-state index in [4.69, 9.17) is 4.74 Å². The summed E-state index contributed by atoms with van der Waals surface area (Å²) in [5.74, 6) is 1.38. The number of aryl methyl sites for hydroxylation is 1. The van der Waals surface area contributed by atoms with Crippen molar-refractivity contribution < 1.29 is 9.53 Å². The van der Waals surface area contributed by atoms with Gasteiger partial charge in [-0.1, -0.05) is 34.1 Å². The third kappa shape index (κ3) is 5.96. The first-order valence-electron chi connectivity index (χ1n) is 10.7. The lowest BCUT2D eigenvalue weighted by atomic mass is 9.92. The quantitative estimate of drug-likeness (QED) is 0.474. The molecule has 0 fully saturated rings. The van der Waals surface area contributed by atoms with Crippen molar-refractivity contribution in [3.63, 3.8) is 0 Å². The Labute approximate surface area is 187 Å². The van der Waals surface area contributed by atoms with E-state index in [9.17, 15) is 9.59 Å². The topological polar surface area (TPSA) is 114 Å². The van der Waals surface area contributed by atoms with E-state index in [2.05, 4.69) is 32.6 Å². The minimum absolute atomic E-state index is 0.231. The van der Waals surface area contributed by atoms with Crippen LogP contribution in [0.2, 0.25) is 0 Å². The number of nitrogens with zero attached hydrogens (tertiary/aromatic N) is 3. The number of nitrogens with one attached hydrogen (secondary N) is 3. The number of rotatable bonds is 7. The highest BCUT2D eigenvalue weighted by Crippen LogP contribution is 2.25. The summed E-state index contributed by atoms with van der Waals surface area (Å²) in [6.07, 6.45) is 2.06. The Kier molecular flexibility index (Phi) is 6.97. The first-order valence-corrected chi connectivity index (χ1v) is 10.7. The Morgan fingerprint density at radius 3 is 2.50 bits per heavy atom. The summed E-state index contributed by atoms with van der Waals surface area (Å²) in [6, 6.07) is 9.90. The highest BCUT2D eigenvalue weighted by Gasteiger charge is 2.22. The molecule has 3 N–H and O–H groups in total. The van der Waals surface area contributed by atoms with Gasteiger partial charge in [0.25, 0.3) is 5.56 Å². The Bertz CT molecular complexity index is 1130. The maximum absolute atomic E-state index is 12.7. The summed E-state index contributed by atoms with van der Waals surface area (Å²) in [7, 11) is 0. The number of benzene rings is 1. The van der Waals surface area contributed by atoms with Gasteiger partial charge in [-0.25, -0.2) is 9.78 Å².